The SMILES string of the molecule is Nc1c(Cl)cccc1NCc1ccn[nH]1. The summed E-state index contributed by atoms with van der Waals surface area (Å²) in [4.78, 5) is 0. The van der Waals surface area contributed by atoms with Gasteiger partial charge in [-0.2, -0.15) is 5.10 Å². The lowest BCUT2D eigenvalue weighted by atomic mass is 10.2. The van der Waals surface area contributed by atoms with E-state index in [-0.39, 0.29) is 0 Å². The van der Waals surface area contributed by atoms with Gasteiger partial charge in [-0.3, -0.25) is 5.10 Å². The summed E-state index contributed by atoms with van der Waals surface area (Å²) < 4.78 is 0. The van der Waals surface area contributed by atoms with Gasteiger partial charge in [0.2, 0.25) is 0 Å². The highest BCUT2D eigenvalue weighted by Gasteiger charge is 2.02. The molecule has 0 saturated heterocycles. The molecular weight excluding hydrogens is 212 g/mol. The second-order valence-electron chi connectivity index (χ2n) is 3.14. The van der Waals surface area contributed by atoms with Gasteiger partial charge in [0.1, 0.15) is 0 Å². The van der Waals surface area contributed by atoms with Gasteiger partial charge in [-0.25, -0.2) is 0 Å². The Kier molecular flexibility index (Phi) is 2.78. The minimum atomic E-state index is 0.560. The Balaban J connectivity index is 2.08. The fourth-order valence-corrected chi connectivity index (χ4v) is 1.44. The third kappa shape index (κ3) is 2.22. The van der Waals surface area contributed by atoms with Crippen molar-refractivity contribution in [3.8, 4) is 0 Å². The van der Waals surface area contributed by atoms with Gasteiger partial charge >= 0.3 is 0 Å². The van der Waals surface area contributed by atoms with E-state index in [1.165, 1.54) is 0 Å². The van der Waals surface area contributed by atoms with Crippen LogP contribution in [0.25, 0.3) is 0 Å². The van der Waals surface area contributed by atoms with Crippen LogP contribution in [0.4, 0.5) is 11.4 Å². The van der Waals surface area contributed by atoms with Crippen molar-refractivity contribution >= 4 is 23.0 Å². The fourth-order valence-electron chi connectivity index (χ4n) is 1.26. The van der Waals surface area contributed by atoms with Gasteiger partial charge in [-0.1, -0.05) is 17.7 Å². The number of nitrogens with two attached hydrogens (primary N) is 1. The normalized spacial score (nSPS) is 10.2. The van der Waals surface area contributed by atoms with Crippen molar-refractivity contribution in [2.24, 2.45) is 0 Å². The first kappa shape index (κ1) is 9.86. The molecule has 78 valence electrons. The first-order valence-electron chi connectivity index (χ1n) is 4.53. The average molecular weight is 223 g/mol. The van der Waals surface area contributed by atoms with E-state index in [2.05, 4.69) is 15.5 Å². The summed E-state index contributed by atoms with van der Waals surface area (Å²) >= 11 is 5.89. The summed E-state index contributed by atoms with van der Waals surface area (Å²) in [5, 5.41) is 10.4. The number of hydrogen-bond donors (Lipinski definition) is 3. The molecule has 0 amide bonds. The minimum Gasteiger partial charge on any atom is -0.396 e. The lowest BCUT2D eigenvalue weighted by Gasteiger charge is -2.08. The first-order chi connectivity index (χ1) is 7.27. The van der Waals surface area contributed by atoms with Crippen molar-refractivity contribution in [3.63, 3.8) is 0 Å². The molecule has 0 aliphatic rings. The van der Waals surface area contributed by atoms with Gasteiger partial charge in [0, 0.05) is 6.20 Å². The van der Waals surface area contributed by atoms with Gasteiger partial charge in [-0.15, -0.1) is 0 Å². The summed E-state index contributed by atoms with van der Waals surface area (Å²) in [5.41, 5.74) is 8.20. The van der Waals surface area contributed by atoms with Crippen LogP contribution in [0.2, 0.25) is 5.02 Å². The number of nitrogen functional groups attached to an aromatic ring is 1. The molecule has 0 radical (unpaired) electrons. The summed E-state index contributed by atoms with van der Waals surface area (Å²) in [5.74, 6) is 0. The molecule has 0 unspecified atom stereocenters. The van der Waals surface area contributed by atoms with Crippen LogP contribution < -0.4 is 11.1 Å². The minimum absolute atomic E-state index is 0.560. The van der Waals surface area contributed by atoms with Gasteiger partial charge in [0.25, 0.3) is 0 Å². The lowest BCUT2D eigenvalue weighted by molar-refractivity contribution is 0.982. The average Bonchev–Trinajstić information content (AvgIpc) is 2.73. The van der Waals surface area contributed by atoms with E-state index in [9.17, 15) is 0 Å². The number of halogens is 1. The molecule has 2 aromatic rings. The second-order valence-corrected chi connectivity index (χ2v) is 3.54. The van der Waals surface area contributed by atoms with Gasteiger partial charge in [-0.05, 0) is 18.2 Å². The van der Waals surface area contributed by atoms with Crippen LogP contribution in [0.3, 0.4) is 0 Å². The number of hydrogen-bond acceptors (Lipinski definition) is 3. The Morgan fingerprint density at radius 2 is 2.27 bits per heavy atom. The van der Waals surface area contributed by atoms with Crippen LogP contribution >= 0.6 is 11.6 Å². The quantitative estimate of drug-likeness (QED) is 0.698. The van der Waals surface area contributed by atoms with Crippen LogP contribution in [0, 0.1) is 0 Å². The Labute approximate surface area is 92.4 Å². The third-order valence-electron chi connectivity index (χ3n) is 2.08. The molecule has 2 rings (SSSR count). The molecule has 1 aromatic heterocycles. The highest BCUT2D eigenvalue weighted by Crippen LogP contribution is 2.26. The van der Waals surface area contributed by atoms with Crippen molar-refractivity contribution in [2.45, 2.75) is 6.54 Å². The summed E-state index contributed by atoms with van der Waals surface area (Å²) in [6, 6.07) is 7.40. The summed E-state index contributed by atoms with van der Waals surface area (Å²) in [7, 11) is 0. The zero-order valence-corrected chi connectivity index (χ0v) is 8.75. The van der Waals surface area contributed by atoms with E-state index in [1.807, 2.05) is 18.2 Å². The van der Waals surface area contributed by atoms with Crippen LogP contribution in [0.1, 0.15) is 5.69 Å². The van der Waals surface area contributed by atoms with Crippen LogP contribution in [-0.2, 0) is 6.54 Å². The predicted molar refractivity (Wildman–Crippen MR) is 61.8 cm³/mol. The lowest BCUT2D eigenvalue weighted by Crippen LogP contribution is -2.02. The molecule has 1 aromatic carbocycles. The standard InChI is InChI=1S/C10H11ClN4/c11-8-2-1-3-9(10(8)12)13-6-7-4-5-14-15-7/h1-5,13H,6,12H2,(H,14,15). The molecule has 4 N–H and O–H groups in total. The number of nitrogens with zero attached hydrogens (tertiary/aromatic N) is 1. The Hall–Kier alpha value is -1.68. The molecule has 0 aliphatic carbocycles. The van der Waals surface area contributed by atoms with Crippen molar-refractivity contribution in [1.29, 1.82) is 0 Å². The number of rotatable bonds is 3. The van der Waals surface area contributed by atoms with Gasteiger partial charge < -0.3 is 11.1 Å². The highest BCUT2D eigenvalue weighted by atomic mass is 35.5. The van der Waals surface area contributed by atoms with Crippen molar-refractivity contribution < 1.29 is 0 Å². The molecule has 0 fully saturated rings. The van der Waals surface area contributed by atoms with Crippen LogP contribution in [0.5, 0.6) is 0 Å². The molecule has 0 spiro atoms. The molecule has 5 heteroatoms. The maximum Gasteiger partial charge on any atom is 0.0739 e. The molecule has 0 saturated carbocycles. The zero-order chi connectivity index (χ0) is 10.7. The van der Waals surface area contributed by atoms with Crippen LogP contribution in [0.15, 0.2) is 30.5 Å². The largest absolute Gasteiger partial charge is 0.396 e. The molecule has 0 atom stereocenters. The molecular formula is C10H11ClN4. The Bertz CT molecular complexity index is 439. The number of aromatic nitrogens is 2. The summed E-state index contributed by atoms with van der Waals surface area (Å²) in [6.07, 6.45) is 1.71. The monoisotopic (exact) mass is 222 g/mol. The van der Waals surface area contributed by atoms with E-state index in [0.717, 1.165) is 11.4 Å². The number of aromatic amines is 1. The number of benzene rings is 1. The van der Waals surface area contributed by atoms with Gasteiger partial charge in [0.15, 0.2) is 0 Å². The number of H-pyrrole nitrogens is 1. The van der Waals surface area contributed by atoms with Crippen molar-refractivity contribution in [1.82, 2.24) is 10.2 Å². The molecule has 4 nitrogen and oxygen atoms in total. The number of para-hydroxylation sites is 1. The molecule has 0 bridgehead atoms. The Morgan fingerprint density at radius 3 is 3.00 bits per heavy atom. The van der Waals surface area contributed by atoms with E-state index < -0.39 is 0 Å². The van der Waals surface area contributed by atoms with Crippen LogP contribution in [-0.4, -0.2) is 10.2 Å². The molecule has 0 aliphatic heterocycles. The zero-order valence-electron chi connectivity index (χ0n) is 8.00. The van der Waals surface area contributed by atoms with Crippen molar-refractivity contribution in [2.75, 3.05) is 11.1 Å². The van der Waals surface area contributed by atoms with E-state index >= 15 is 0 Å². The Morgan fingerprint density at radius 1 is 1.40 bits per heavy atom. The molecule has 1 heterocycles. The second kappa shape index (κ2) is 4.23. The number of nitrogens with one attached hydrogen (secondary N) is 2. The first-order valence-corrected chi connectivity index (χ1v) is 4.91. The van der Waals surface area contributed by atoms with Gasteiger partial charge in [0.05, 0.1) is 28.6 Å². The third-order valence-corrected chi connectivity index (χ3v) is 2.41. The van der Waals surface area contributed by atoms with E-state index in [0.29, 0.717) is 17.3 Å². The maximum atomic E-state index is 5.89. The highest BCUT2D eigenvalue weighted by molar-refractivity contribution is 6.33. The topological polar surface area (TPSA) is 66.7 Å². The van der Waals surface area contributed by atoms with E-state index in [1.54, 1.807) is 12.3 Å². The van der Waals surface area contributed by atoms with Crippen molar-refractivity contribution in [3.05, 3.63) is 41.2 Å². The smallest absolute Gasteiger partial charge is 0.0739 e. The number of anilines is 2. The maximum absolute atomic E-state index is 5.89. The predicted octanol–water partition coefficient (Wildman–Crippen LogP) is 2.26. The summed E-state index contributed by atoms with van der Waals surface area (Å²) in [6.45, 7) is 0.643. The fraction of sp³-hybridized carbons (Fsp3) is 0.100. The molecule has 15 heavy (non-hydrogen) atoms. The van der Waals surface area contributed by atoms with E-state index in [4.69, 9.17) is 17.3 Å².